The molecule has 0 saturated heterocycles. The molecule has 0 amide bonds. The van der Waals surface area contributed by atoms with Crippen molar-refractivity contribution in [2.75, 3.05) is 0 Å². The molecule has 3 heteroatoms. The maximum absolute atomic E-state index is 13.1. The normalized spacial score (nSPS) is 35.6. The van der Waals surface area contributed by atoms with Crippen LogP contribution in [0.5, 0.6) is 0 Å². The highest BCUT2D eigenvalue weighted by Crippen LogP contribution is 2.69. The first-order chi connectivity index (χ1) is 9.30. The summed E-state index contributed by atoms with van der Waals surface area (Å²) in [4.78, 5) is 0.486. The molecule has 2 aliphatic carbocycles. The Labute approximate surface area is 121 Å². The second kappa shape index (κ2) is 4.20. The van der Waals surface area contributed by atoms with Gasteiger partial charge in [0.2, 0.25) is 0 Å². The van der Waals surface area contributed by atoms with Gasteiger partial charge in [0.15, 0.2) is 9.84 Å². The molecule has 0 bridgehead atoms. The first kappa shape index (κ1) is 13.9. The van der Waals surface area contributed by atoms with Crippen molar-refractivity contribution in [3.05, 3.63) is 42.0 Å². The van der Waals surface area contributed by atoms with E-state index in [1.165, 1.54) is 0 Å². The molecule has 0 radical (unpaired) electrons. The highest BCUT2D eigenvalue weighted by molar-refractivity contribution is 7.93. The summed E-state index contributed by atoms with van der Waals surface area (Å²) < 4.78 is 25.6. The minimum atomic E-state index is -3.24. The number of sulfone groups is 1. The summed E-state index contributed by atoms with van der Waals surface area (Å²) in [6.07, 6.45) is 1.74. The maximum atomic E-state index is 13.1. The highest BCUT2D eigenvalue weighted by Gasteiger charge is 2.73. The van der Waals surface area contributed by atoms with Gasteiger partial charge in [-0.3, -0.25) is 0 Å². The van der Waals surface area contributed by atoms with Crippen LogP contribution in [0.1, 0.15) is 32.3 Å². The van der Waals surface area contributed by atoms with Gasteiger partial charge in [-0.15, -0.1) is 0 Å². The molecule has 3 rings (SSSR count). The van der Waals surface area contributed by atoms with Crippen molar-refractivity contribution in [1.29, 1.82) is 0 Å². The van der Waals surface area contributed by atoms with E-state index in [-0.39, 0.29) is 5.92 Å². The van der Waals surface area contributed by atoms with Crippen molar-refractivity contribution < 1.29 is 8.42 Å². The Bertz CT molecular complexity index is 657. The van der Waals surface area contributed by atoms with Gasteiger partial charge in [-0.1, -0.05) is 36.8 Å². The van der Waals surface area contributed by atoms with Crippen molar-refractivity contribution >= 4 is 9.84 Å². The van der Waals surface area contributed by atoms with Crippen LogP contribution in [0.4, 0.5) is 0 Å². The van der Waals surface area contributed by atoms with E-state index in [2.05, 4.69) is 13.5 Å². The summed E-state index contributed by atoms with van der Waals surface area (Å²) in [6.45, 7) is 10.1. The van der Waals surface area contributed by atoms with Crippen LogP contribution in [0.2, 0.25) is 0 Å². The monoisotopic (exact) mass is 290 g/mol. The second-order valence-corrected chi connectivity index (χ2v) is 8.89. The minimum Gasteiger partial charge on any atom is -0.223 e. The molecule has 2 nitrogen and oxygen atoms in total. The Balaban J connectivity index is 2.00. The molecular formula is C17H22O2S. The van der Waals surface area contributed by atoms with E-state index in [4.69, 9.17) is 0 Å². The zero-order valence-electron chi connectivity index (χ0n) is 12.4. The molecule has 4 atom stereocenters. The largest absolute Gasteiger partial charge is 0.223 e. The van der Waals surface area contributed by atoms with Crippen LogP contribution >= 0.6 is 0 Å². The predicted octanol–water partition coefficient (Wildman–Crippen LogP) is 3.76. The van der Waals surface area contributed by atoms with Crippen molar-refractivity contribution in [2.24, 2.45) is 17.8 Å². The van der Waals surface area contributed by atoms with Crippen LogP contribution in [-0.2, 0) is 9.84 Å². The van der Waals surface area contributed by atoms with Crippen LogP contribution < -0.4 is 0 Å². The number of hydrogen-bond acceptors (Lipinski definition) is 2. The van der Waals surface area contributed by atoms with E-state index in [0.717, 1.165) is 24.0 Å². The van der Waals surface area contributed by atoms with Crippen LogP contribution in [0.15, 0.2) is 41.3 Å². The Morgan fingerprint density at radius 2 is 1.90 bits per heavy atom. The van der Waals surface area contributed by atoms with Gasteiger partial charge in [0, 0.05) is 0 Å². The number of benzene rings is 1. The standard InChI is InChI=1S/C17H22O2S/c1-11(2)14-9-16-13(4)17(16,10-14)20(18,19)15-7-5-12(3)6-8-15/h5-8,13-14,16H,1,9-10H2,2-4H3/t13-,14-,16-,17-/m1/s1. The first-order valence-corrected chi connectivity index (χ1v) is 8.75. The smallest absolute Gasteiger partial charge is 0.184 e. The van der Waals surface area contributed by atoms with E-state index in [1.54, 1.807) is 12.1 Å². The van der Waals surface area contributed by atoms with Crippen LogP contribution in [0, 0.1) is 24.7 Å². The molecule has 0 aromatic heterocycles. The van der Waals surface area contributed by atoms with E-state index in [1.807, 2.05) is 26.0 Å². The summed E-state index contributed by atoms with van der Waals surface area (Å²) in [5.74, 6) is 0.969. The molecule has 0 spiro atoms. The fourth-order valence-electron chi connectivity index (χ4n) is 4.07. The molecule has 1 aromatic carbocycles. The van der Waals surface area contributed by atoms with Crippen LogP contribution in [0.25, 0.3) is 0 Å². The van der Waals surface area contributed by atoms with Crippen molar-refractivity contribution in [3.8, 4) is 0 Å². The molecule has 0 N–H and O–H groups in total. The Morgan fingerprint density at radius 3 is 2.45 bits per heavy atom. The third-order valence-electron chi connectivity index (χ3n) is 5.53. The molecular weight excluding hydrogens is 268 g/mol. The lowest BCUT2D eigenvalue weighted by Gasteiger charge is -2.19. The number of fused-ring (bicyclic) bond motifs is 1. The molecule has 108 valence electrons. The average molecular weight is 290 g/mol. The summed E-state index contributed by atoms with van der Waals surface area (Å²) >= 11 is 0. The number of hydrogen-bond donors (Lipinski definition) is 0. The minimum absolute atomic E-state index is 0.282. The molecule has 2 aliphatic rings. The zero-order chi connectivity index (χ0) is 14.7. The molecule has 2 fully saturated rings. The van der Waals surface area contributed by atoms with Gasteiger partial charge in [-0.05, 0) is 56.6 Å². The maximum Gasteiger partial charge on any atom is 0.184 e. The number of rotatable bonds is 3. The van der Waals surface area contributed by atoms with Crippen molar-refractivity contribution in [3.63, 3.8) is 0 Å². The molecule has 20 heavy (non-hydrogen) atoms. The molecule has 0 aliphatic heterocycles. The second-order valence-electron chi connectivity index (χ2n) is 6.65. The molecule has 2 saturated carbocycles. The lowest BCUT2D eigenvalue weighted by atomic mass is 9.94. The SMILES string of the molecule is C=C(C)[C@@H]1C[C@@H]2[C@@H](C)[C@]2(S(=O)(=O)c2ccc(C)cc2)C1. The van der Waals surface area contributed by atoms with E-state index >= 15 is 0 Å². The van der Waals surface area contributed by atoms with Crippen LogP contribution in [0.3, 0.4) is 0 Å². The average Bonchev–Trinajstić information content (AvgIpc) is 2.80. The number of aryl methyl sites for hydroxylation is 1. The molecule has 0 unspecified atom stereocenters. The predicted molar refractivity (Wildman–Crippen MR) is 81.3 cm³/mol. The molecule has 1 aromatic rings. The van der Waals surface area contributed by atoms with Crippen molar-refractivity contribution in [2.45, 2.75) is 43.3 Å². The van der Waals surface area contributed by atoms with Gasteiger partial charge in [-0.2, -0.15) is 0 Å². The summed E-state index contributed by atoms with van der Waals surface area (Å²) in [5, 5.41) is 0. The summed E-state index contributed by atoms with van der Waals surface area (Å²) in [5.41, 5.74) is 2.22. The third kappa shape index (κ3) is 1.65. The topological polar surface area (TPSA) is 34.1 Å². The fraction of sp³-hybridized carbons (Fsp3) is 0.529. The van der Waals surface area contributed by atoms with Gasteiger partial charge in [0.1, 0.15) is 0 Å². The lowest BCUT2D eigenvalue weighted by Crippen LogP contribution is -2.26. The molecule has 0 heterocycles. The van der Waals surface area contributed by atoms with Crippen LogP contribution in [-0.4, -0.2) is 13.2 Å². The van der Waals surface area contributed by atoms with Gasteiger partial charge >= 0.3 is 0 Å². The zero-order valence-corrected chi connectivity index (χ0v) is 13.2. The van der Waals surface area contributed by atoms with Gasteiger partial charge in [-0.25, -0.2) is 8.42 Å². The van der Waals surface area contributed by atoms with E-state index < -0.39 is 14.6 Å². The highest BCUT2D eigenvalue weighted by atomic mass is 32.2. The van der Waals surface area contributed by atoms with Crippen molar-refractivity contribution in [1.82, 2.24) is 0 Å². The van der Waals surface area contributed by atoms with E-state index in [9.17, 15) is 8.42 Å². The Hall–Kier alpha value is -1.09. The summed E-state index contributed by atoms with van der Waals surface area (Å²) in [6, 6.07) is 7.29. The van der Waals surface area contributed by atoms with Gasteiger partial charge < -0.3 is 0 Å². The fourth-order valence-corrected chi connectivity index (χ4v) is 6.71. The third-order valence-corrected chi connectivity index (χ3v) is 8.26. The quantitative estimate of drug-likeness (QED) is 0.794. The van der Waals surface area contributed by atoms with E-state index in [0.29, 0.717) is 16.7 Å². The number of allylic oxidation sites excluding steroid dienone is 1. The Kier molecular flexibility index (Phi) is 2.91. The Morgan fingerprint density at radius 1 is 1.30 bits per heavy atom. The summed E-state index contributed by atoms with van der Waals surface area (Å²) in [7, 11) is -3.24. The van der Waals surface area contributed by atoms with Gasteiger partial charge in [0.25, 0.3) is 0 Å². The van der Waals surface area contributed by atoms with Gasteiger partial charge in [0.05, 0.1) is 9.64 Å². The first-order valence-electron chi connectivity index (χ1n) is 7.27. The lowest BCUT2D eigenvalue weighted by molar-refractivity contribution is 0.503.